The Balaban J connectivity index is 2.57. The molecule has 1 aromatic carbocycles. The monoisotopic (exact) mass is 243 g/mol. The van der Waals surface area contributed by atoms with Crippen LogP contribution in [0.4, 0.5) is 5.69 Å². The summed E-state index contributed by atoms with van der Waals surface area (Å²) in [5.41, 5.74) is 2.53. The molecule has 0 fully saturated rings. The highest BCUT2D eigenvalue weighted by atomic mass is 32.2. The van der Waals surface area contributed by atoms with Crippen LogP contribution < -0.4 is 4.90 Å². The number of benzene rings is 1. The molecule has 1 nitrogen and oxygen atoms in total. The van der Waals surface area contributed by atoms with Gasteiger partial charge in [-0.1, -0.05) is 42.6 Å². The average molecular weight is 243 g/mol. The molecule has 0 saturated carbocycles. The van der Waals surface area contributed by atoms with E-state index in [9.17, 15) is 0 Å². The number of thioether (sulfide) groups is 1. The molecule has 88 valence electrons. The van der Waals surface area contributed by atoms with Gasteiger partial charge in [-0.25, -0.2) is 0 Å². The predicted octanol–water partition coefficient (Wildman–Crippen LogP) is 4.59. The first-order valence-corrected chi connectivity index (χ1v) is 6.67. The van der Waals surface area contributed by atoms with E-state index in [-0.39, 0.29) is 0 Å². The maximum absolute atomic E-state index is 3.81. The van der Waals surface area contributed by atoms with Crippen molar-refractivity contribution in [2.75, 3.05) is 11.4 Å². The summed E-state index contributed by atoms with van der Waals surface area (Å²) in [5.74, 6) is 0. The van der Waals surface area contributed by atoms with E-state index in [1.54, 1.807) is 0 Å². The van der Waals surface area contributed by atoms with Crippen molar-refractivity contribution in [2.24, 2.45) is 0 Å². The third-order valence-electron chi connectivity index (χ3n) is 2.77. The number of likely N-dealkylation sites (N-methyl/N-ethyl adjacent to an activating group) is 1. The molecular formula is C15H17NS. The maximum atomic E-state index is 3.81. The van der Waals surface area contributed by atoms with E-state index in [0.717, 1.165) is 6.54 Å². The lowest BCUT2D eigenvalue weighted by Crippen LogP contribution is -2.25. The van der Waals surface area contributed by atoms with Crippen molar-refractivity contribution in [3.8, 4) is 0 Å². The van der Waals surface area contributed by atoms with E-state index in [0.29, 0.717) is 0 Å². The topological polar surface area (TPSA) is 3.24 Å². The van der Waals surface area contributed by atoms with Gasteiger partial charge in [-0.15, -0.1) is 0 Å². The van der Waals surface area contributed by atoms with Crippen molar-refractivity contribution < 1.29 is 0 Å². The van der Waals surface area contributed by atoms with Crippen LogP contribution in [0.15, 0.2) is 64.6 Å². The Labute approximate surface area is 108 Å². The number of hydrogen-bond donors (Lipinski definition) is 0. The highest BCUT2D eigenvalue weighted by Gasteiger charge is 2.23. The van der Waals surface area contributed by atoms with Crippen molar-refractivity contribution in [1.29, 1.82) is 0 Å². The van der Waals surface area contributed by atoms with E-state index in [1.807, 2.05) is 17.8 Å². The van der Waals surface area contributed by atoms with Gasteiger partial charge in [-0.2, -0.15) is 0 Å². The molecule has 1 aromatic rings. The zero-order chi connectivity index (χ0) is 12.3. The molecule has 17 heavy (non-hydrogen) atoms. The minimum atomic E-state index is 0.967. The molecule has 0 unspecified atom stereocenters. The van der Waals surface area contributed by atoms with Crippen molar-refractivity contribution in [1.82, 2.24) is 0 Å². The third kappa shape index (κ3) is 2.18. The number of hydrogen-bond acceptors (Lipinski definition) is 2. The molecule has 0 aromatic heterocycles. The Morgan fingerprint density at radius 3 is 2.76 bits per heavy atom. The van der Waals surface area contributed by atoms with Gasteiger partial charge in [0.25, 0.3) is 0 Å². The normalized spacial score (nSPS) is 19.5. The molecule has 0 spiro atoms. The van der Waals surface area contributed by atoms with Crippen LogP contribution in [0.2, 0.25) is 0 Å². The molecule has 2 rings (SSSR count). The van der Waals surface area contributed by atoms with Gasteiger partial charge in [0, 0.05) is 16.3 Å². The maximum Gasteiger partial charge on any atom is 0.0552 e. The highest BCUT2D eigenvalue weighted by Crippen LogP contribution is 2.45. The molecule has 0 saturated heterocycles. The molecule has 0 aliphatic carbocycles. The van der Waals surface area contributed by atoms with Gasteiger partial charge in [0.15, 0.2) is 0 Å². The van der Waals surface area contributed by atoms with Gasteiger partial charge in [0.1, 0.15) is 0 Å². The van der Waals surface area contributed by atoms with Gasteiger partial charge in [0.05, 0.1) is 11.4 Å². The second kappa shape index (κ2) is 5.28. The van der Waals surface area contributed by atoms with Crippen LogP contribution >= 0.6 is 11.8 Å². The summed E-state index contributed by atoms with van der Waals surface area (Å²) in [7, 11) is 0. The smallest absolute Gasteiger partial charge is 0.0552 e. The summed E-state index contributed by atoms with van der Waals surface area (Å²) in [6.07, 6.45) is 6.11. The predicted molar refractivity (Wildman–Crippen MR) is 77.4 cm³/mol. The van der Waals surface area contributed by atoms with Crippen molar-refractivity contribution in [2.45, 2.75) is 18.7 Å². The average Bonchev–Trinajstić information content (AvgIpc) is 2.38. The number of nitrogens with zero attached hydrogens (tertiary/aromatic N) is 1. The third-order valence-corrected chi connectivity index (χ3v) is 4.00. The van der Waals surface area contributed by atoms with Crippen molar-refractivity contribution >= 4 is 17.4 Å². The number of para-hydroxylation sites is 1. The summed E-state index contributed by atoms with van der Waals surface area (Å²) < 4.78 is 0. The molecule has 0 N–H and O–H groups in total. The summed E-state index contributed by atoms with van der Waals surface area (Å²) in [5, 5.41) is 0. The molecule has 0 atom stereocenters. The number of fused-ring (bicyclic) bond motifs is 1. The van der Waals surface area contributed by atoms with E-state index in [4.69, 9.17) is 0 Å². The van der Waals surface area contributed by atoms with E-state index >= 15 is 0 Å². The fourth-order valence-corrected chi connectivity index (χ4v) is 3.10. The van der Waals surface area contributed by atoms with E-state index < -0.39 is 0 Å². The van der Waals surface area contributed by atoms with Crippen LogP contribution in [0, 0.1) is 0 Å². The van der Waals surface area contributed by atoms with Crippen molar-refractivity contribution in [3.63, 3.8) is 0 Å². The van der Waals surface area contributed by atoms with Crippen molar-refractivity contribution in [3.05, 3.63) is 59.7 Å². The largest absolute Gasteiger partial charge is 0.340 e. The Morgan fingerprint density at radius 2 is 2.12 bits per heavy atom. The van der Waals surface area contributed by atoms with Crippen LogP contribution in [0.5, 0.6) is 0 Å². The van der Waals surface area contributed by atoms with Gasteiger partial charge in [-0.3, -0.25) is 0 Å². The van der Waals surface area contributed by atoms with Crippen LogP contribution in [0.1, 0.15) is 13.8 Å². The number of anilines is 1. The van der Waals surface area contributed by atoms with E-state index in [2.05, 4.69) is 61.7 Å². The summed E-state index contributed by atoms with van der Waals surface area (Å²) in [6, 6.07) is 8.54. The molecule has 2 heteroatoms. The zero-order valence-electron chi connectivity index (χ0n) is 10.3. The molecular weight excluding hydrogens is 226 g/mol. The first-order valence-electron chi connectivity index (χ1n) is 5.85. The Bertz CT molecular complexity index is 485. The molecule has 0 radical (unpaired) electrons. The Morgan fingerprint density at radius 1 is 1.35 bits per heavy atom. The summed E-state index contributed by atoms with van der Waals surface area (Å²) in [4.78, 5) is 4.96. The quantitative estimate of drug-likeness (QED) is 0.747. The fraction of sp³-hybridized carbons (Fsp3) is 0.200. The Kier molecular flexibility index (Phi) is 3.75. The standard InChI is InChI=1S/C15H17NS/c1-4-9-12-14(5-2)17-15-11-8-7-10-13(15)16(12)6-3/h4-5,7-11H,1,6H2,2-3H3/b12-9+,14-5+. The molecule has 0 amide bonds. The van der Waals surface area contributed by atoms with Crippen LogP contribution in [-0.2, 0) is 0 Å². The van der Waals surface area contributed by atoms with Crippen LogP contribution in [0.3, 0.4) is 0 Å². The highest BCUT2D eigenvalue weighted by molar-refractivity contribution is 8.03. The minimum Gasteiger partial charge on any atom is -0.340 e. The van der Waals surface area contributed by atoms with Gasteiger partial charge in [-0.05, 0) is 32.1 Å². The second-order valence-electron chi connectivity index (χ2n) is 3.75. The number of allylic oxidation sites excluding steroid dienone is 3. The molecule has 1 aliphatic heterocycles. The fourth-order valence-electron chi connectivity index (χ4n) is 2.03. The zero-order valence-corrected chi connectivity index (χ0v) is 11.1. The minimum absolute atomic E-state index is 0.967. The lowest BCUT2D eigenvalue weighted by molar-refractivity contribution is 0.951. The summed E-state index contributed by atoms with van der Waals surface area (Å²) in [6.45, 7) is 9.04. The lowest BCUT2D eigenvalue weighted by atomic mass is 10.2. The van der Waals surface area contributed by atoms with Gasteiger partial charge in [0.2, 0.25) is 0 Å². The van der Waals surface area contributed by atoms with E-state index in [1.165, 1.54) is 21.2 Å². The first kappa shape index (κ1) is 12.1. The van der Waals surface area contributed by atoms with Crippen LogP contribution in [-0.4, -0.2) is 6.54 Å². The van der Waals surface area contributed by atoms with Gasteiger partial charge < -0.3 is 4.90 Å². The molecule has 1 aliphatic rings. The van der Waals surface area contributed by atoms with Gasteiger partial charge >= 0.3 is 0 Å². The summed E-state index contributed by atoms with van der Waals surface area (Å²) >= 11 is 1.83. The SMILES string of the molecule is C=C/C=C1\C(=C/C)Sc2ccccc2N1CC. The second-order valence-corrected chi connectivity index (χ2v) is 4.84. The number of rotatable bonds is 2. The lowest BCUT2D eigenvalue weighted by Gasteiger charge is -2.33. The Hall–Kier alpha value is -1.41. The van der Waals surface area contributed by atoms with Crippen LogP contribution in [0.25, 0.3) is 0 Å². The molecule has 1 heterocycles. The molecule has 0 bridgehead atoms. The first-order chi connectivity index (χ1) is 8.31.